The Hall–Kier alpha value is -3.13. The number of fused-ring (bicyclic) bond motifs is 1. The molecule has 1 aromatic carbocycles. The predicted octanol–water partition coefficient (Wildman–Crippen LogP) is 5.06. The van der Waals surface area contributed by atoms with Gasteiger partial charge in [-0.15, -0.1) is 10.2 Å². The van der Waals surface area contributed by atoms with E-state index in [2.05, 4.69) is 27.2 Å². The molecule has 2 aromatic heterocycles. The number of benzene rings is 1. The normalized spacial score (nSPS) is 17.4. The topological polar surface area (TPSA) is 80.7 Å². The number of hydrogen-bond donors (Lipinski definition) is 0. The maximum Gasteiger partial charge on any atom is 0.410 e. The first-order valence-corrected chi connectivity index (χ1v) is 12.4. The quantitative estimate of drug-likeness (QED) is 0.500. The molecule has 4 heterocycles. The Morgan fingerprint density at radius 3 is 2.54 bits per heavy atom. The molecule has 0 atom stereocenters. The van der Waals surface area contributed by atoms with Crippen LogP contribution in [0.25, 0.3) is 10.9 Å². The summed E-state index contributed by atoms with van der Waals surface area (Å²) in [6, 6.07) is 14.1. The van der Waals surface area contributed by atoms with E-state index in [-0.39, 0.29) is 18.1 Å². The van der Waals surface area contributed by atoms with Gasteiger partial charge in [0.2, 0.25) is 5.88 Å². The number of pyridine rings is 1. The average Bonchev–Trinajstić information content (AvgIpc) is 2.80. The first-order chi connectivity index (χ1) is 16.7. The number of carbonyl (C=O) groups excluding carboxylic acids is 1. The smallest absolute Gasteiger partial charge is 0.410 e. The highest BCUT2D eigenvalue weighted by atomic mass is 35.5. The van der Waals surface area contributed by atoms with Crippen LogP contribution in [0.1, 0.15) is 45.1 Å². The first-order valence-electron chi connectivity index (χ1n) is 12.0. The number of aromatic nitrogens is 3. The van der Waals surface area contributed by atoms with Crippen molar-refractivity contribution in [2.45, 2.75) is 51.2 Å². The lowest BCUT2D eigenvalue weighted by Crippen LogP contribution is -2.54. The molecule has 2 saturated heterocycles. The van der Waals surface area contributed by atoms with Crippen LogP contribution in [0.3, 0.4) is 0 Å². The molecule has 5 rings (SSSR count). The van der Waals surface area contributed by atoms with Gasteiger partial charge in [0.1, 0.15) is 17.5 Å². The third-order valence-corrected chi connectivity index (χ3v) is 6.56. The van der Waals surface area contributed by atoms with Crippen LogP contribution in [-0.2, 0) is 4.74 Å². The van der Waals surface area contributed by atoms with Crippen molar-refractivity contribution in [2.75, 3.05) is 31.1 Å². The lowest BCUT2D eigenvalue weighted by molar-refractivity contribution is 0.0204. The highest BCUT2D eigenvalue weighted by Gasteiger charge is 2.33. The number of amides is 1. The van der Waals surface area contributed by atoms with Gasteiger partial charge in [0.25, 0.3) is 0 Å². The van der Waals surface area contributed by atoms with Crippen molar-refractivity contribution in [3.63, 3.8) is 0 Å². The van der Waals surface area contributed by atoms with Gasteiger partial charge in [-0.1, -0.05) is 29.8 Å². The minimum absolute atomic E-state index is 0.000603. The third kappa shape index (κ3) is 5.42. The van der Waals surface area contributed by atoms with E-state index in [1.165, 1.54) is 0 Å². The standard InChI is InChI=1S/C26H30ClN5O3/c1-26(2,3)35-25(33)31-12-10-17(11-13-31)20-14-22(27)29-30-24(20)34-19-15-32(16-19)23-9-8-18-6-4-5-7-21(18)28-23/h4-9,14,17,19H,10-13,15-16H2,1-3H3. The van der Waals surface area contributed by atoms with Gasteiger partial charge in [0.15, 0.2) is 5.15 Å². The van der Waals surface area contributed by atoms with Crippen LogP contribution in [0.15, 0.2) is 42.5 Å². The zero-order valence-corrected chi connectivity index (χ0v) is 21.0. The summed E-state index contributed by atoms with van der Waals surface area (Å²) in [7, 11) is 0. The molecule has 35 heavy (non-hydrogen) atoms. The van der Waals surface area contributed by atoms with E-state index in [0.717, 1.165) is 48.2 Å². The molecule has 2 aliphatic rings. The second-order valence-electron chi connectivity index (χ2n) is 10.2. The van der Waals surface area contributed by atoms with Crippen molar-refractivity contribution in [3.05, 3.63) is 53.2 Å². The summed E-state index contributed by atoms with van der Waals surface area (Å²) in [5.74, 6) is 1.66. The fourth-order valence-electron chi connectivity index (χ4n) is 4.54. The number of para-hydroxylation sites is 1. The number of anilines is 1. The second-order valence-corrected chi connectivity index (χ2v) is 10.6. The molecule has 2 fully saturated rings. The summed E-state index contributed by atoms with van der Waals surface area (Å²) in [6.07, 6.45) is 1.31. The van der Waals surface area contributed by atoms with Gasteiger partial charge < -0.3 is 19.3 Å². The first kappa shape index (κ1) is 23.6. The van der Waals surface area contributed by atoms with E-state index in [4.69, 9.17) is 26.1 Å². The van der Waals surface area contributed by atoms with E-state index in [9.17, 15) is 4.79 Å². The van der Waals surface area contributed by atoms with Crippen LogP contribution in [0.4, 0.5) is 10.6 Å². The number of carbonyl (C=O) groups is 1. The molecule has 0 spiro atoms. The van der Waals surface area contributed by atoms with E-state index < -0.39 is 5.60 Å². The fourth-order valence-corrected chi connectivity index (χ4v) is 4.70. The Labute approximate surface area is 210 Å². The molecule has 3 aromatic rings. The van der Waals surface area contributed by atoms with Gasteiger partial charge in [-0.05, 0) is 63.8 Å². The second kappa shape index (κ2) is 9.49. The molecule has 0 aliphatic carbocycles. The number of nitrogens with zero attached hydrogens (tertiary/aromatic N) is 5. The number of piperidine rings is 1. The lowest BCUT2D eigenvalue weighted by Gasteiger charge is -2.40. The number of rotatable bonds is 4. The van der Waals surface area contributed by atoms with Crippen LogP contribution >= 0.6 is 11.6 Å². The molecule has 0 saturated carbocycles. The van der Waals surface area contributed by atoms with Crippen LogP contribution in [0.5, 0.6) is 5.88 Å². The number of ether oxygens (including phenoxy) is 2. The molecule has 0 unspecified atom stereocenters. The number of likely N-dealkylation sites (tertiary alicyclic amines) is 1. The maximum absolute atomic E-state index is 12.4. The summed E-state index contributed by atoms with van der Waals surface area (Å²) in [5, 5.41) is 9.77. The van der Waals surface area contributed by atoms with Gasteiger partial charge >= 0.3 is 6.09 Å². The van der Waals surface area contributed by atoms with Crippen LogP contribution in [0, 0.1) is 0 Å². The molecule has 0 bridgehead atoms. The van der Waals surface area contributed by atoms with E-state index in [0.29, 0.717) is 24.1 Å². The molecule has 0 N–H and O–H groups in total. The summed E-state index contributed by atoms with van der Waals surface area (Å²) >= 11 is 6.19. The molecule has 0 radical (unpaired) electrons. The monoisotopic (exact) mass is 495 g/mol. The Bertz CT molecular complexity index is 1220. The van der Waals surface area contributed by atoms with Crippen molar-refractivity contribution in [3.8, 4) is 5.88 Å². The summed E-state index contributed by atoms with van der Waals surface area (Å²) in [4.78, 5) is 21.1. The SMILES string of the molecule is CC(C)(C)OC(=O)N1CCC(c2cc(Cl)nnc2OC2CN(c3ccc4ccccc4n3)C2)CC1. The molecule has 1 amide bonds. The fraction of sp³-hybridized carbons (Fsp3) is 0.462. The van der Waals surface area contributed by atoms with Crippen LogP contribution in [0.2, 0.25) is 5.15 Å². The lowest BCUT2D eigenvalue weighted by atomic mass is 9.90. The number of halogens is 1. The zero-order chi connectivity index (χ0) is 24.6. The maximum atomic E-state index is 12.4. The Kier molecular flexibility index (Phi) is 6.40. The Morgan fingerprint density at radius 1 is 1.06 bits per heavy atom. The molecule has 2 aliphatic heterocycles. The van der Waals surface area contributed by atoms with Crippen molar-refractivity contribution in [2.24, 2.45) is 0 Å². The van der Waals surface area contributed by atoms with Gasteiger partial charge in [0.05, 0.1) is 18.6 Å². The van der Waals surface area contributed by atoms with Crippen molar-refractivity contribution >= 4 is 34.4 Å². The predicted molar refractivity (Wildman–Crippen MR) is 135 cm³/mol. The molecule has 9 heteroatoms. The van der Waals surface area contributed by atoms with Crippen molar-refractivity contribution < 1.29 is 14.3 Å². The minimum atomic E-state index is -0.503. The van der Waals surface area contributed by atoms with Crippen molar-refractivity contribution in [1.29, 1.82) is 0 Å². The molecule has 184 valence electrons. The van der Waals surface area contributed by atoms with E-state index in [1.807, 2.05) is 51.1 Å². The number of hydrogen-bond acceptors (Lipinski definition) is 7. The largest absolute Gasteiger partial charge is 0.469 e. The van der Waals surface area contributed by atoms with Gasteiger partial charge in [-0.3, -0.25) is 0 Å². The van der Waals surface area contributed by atoms with Crippen LogP contribution in [-0.4, -0.2) is 64.1 Å². The minimum Gasteiger partial charge on any atom is -0.469 e. The summed E-state index contributed by atoms with van der Waals surface area (Å²) < 4.78 is 11.8. The highest BCUT2D eigenvalue weighted by Crippen LogP contribution is 2.35. The Balaban J connectivity index is 1.21. The highest BCUT2D eigenvalue weighted by molar-refractivity contribution is 6.29. The van der Waals surface area contributed by atoms with E-state index >= 15 is 0 Å². The average molecular weight is 496 g/mol. The summed E-state index contributed by atoms with van der Waals surface area (Å²) in [6.45, 7) is 8.32. The van der Waals surface area contributed by atoms with Gasteiger partial charge in [-0.2, -0.15) is 0 Å². The van der Waals surface area contributed by atoms with E-state index in [1.54, 1.807) is 4.90 Å². The summed E-state index contributed by atoms with van der Waals surface area (Å²) in [5.41, 5.74) is 1.44. The Morgan fingerprint density at radius 2 is 1.80 bits per heavy atom. The molecular weight excluding hydrogens is 466 g/mol. The third-order valence-electron chi connectivity index (χ3n) is 6.38. The van der Waals surface area contributed by atoms with Crippen molar-refractivity contribution in [1.82, 2.24) is 20.1 Å². The molecule has 8 nitrogen and oxygen atoms in total. The van der Waals surface area contributed by atoms with Crippen LogP contribution < -0.4 is 9.64 Å². The van der Waals surface area contributed by atoms with Gasteiger partial charge in [0, 0.05) is 24.0 Å². The molecular formula is C26H30ClN5O3. The zero-order valence-electron chi connectivity index (χ0n) is 20.3. The van der Waals surface area contributed by atoms with Gasteiger partial charge in [-0.25, -0.2) is 9.78 Å².